The highest BCUT2D eigenvalue weighted by Crippen LogP contribution is 2.28. The molecular weight excluding hydrogens is 437 g/mol. The van der Waals surface area contributed by atoms with Crippen molar-refractivity contribution in [2.75, 3.05) is 5.32 Å². The minimum absolute atomic E-state index is 0.197. The molecule has 0 bridgehead atoms. The number of rotatable bonds is 5. The van der Waals surface area contributed by atoms with Crippen LogP contribution in [0.3, 0.4) is 0 Å². The van der Waals surface area contributed by atoms with Gasteiger partial charge in [0.2, 0.25) is 0 Å². The van der Waals surface area contributed by atoms with E-state index in [1.54, 1.807) is 30.5 Å². The number of pyridine rings is 1. The van der Waals surface area contributed by atoms with Gasteiger partial charge in [-0.05, 0) is 58.0 Å². The van der Waals surface area contributed by atoms with E-state index in [1.165, 1.54) is 0 Å². The number of carboxylic acid groups (broad SMARTS) is 1. The largest absolute Gasteiger partial charge is 0.481 e. The zero-order valence-corrected chi connectivity index (χ0v) is 16.0. The molecule has 0 aliphatic carbocycles. The second-order valence-electron chi connectivity index (χ2n) is 4.78. The lowest BCUT2D eigenvalue weighted by Crippen LogP contribution is -2.34. The van der Waals surface area contributed by atoms with Gasteiger partial charge in [0.05, 0.1) is 12.5 Å². The predicted octanol–water partition coefficient (Wildman–Crippen LogP) is 4.65. The molecule has 0 spiro atoms. The number of nitrogens with zero attached hydrogens (tertiary/aromatic N) is 1. The standard InChI is InChI=1S/C15H12BrCl2N3O2S/c16-8-1-4-13(19-7-8)21-15(24)20-12(6-14(22)23)10-3-2-9(17)5-11(10)18/h1-5,7,12H,6H2,(H,22,23)(H2,19,20,21,24)/t12-/m1/s1. The lowest BCUT2D eigenvalue weighted by Gasteiger charge is -2.21. The van der Waals surface area contributed by atoms with E-state index in [0.29, 0.717) is 21.4 Å². The van der Waals surface area contributed by atoms with E-state index in [9.17, 15) is 4.79 Å². The number of thiocarbonyl (C=S) groups is 1. The van der Waals surface area contributed by atoms with Crippen molar-refractivity contribution in [1.82, 2.24) is 10.3 Å². The molecular formula is C15H12BrCl2N3O2S. The Kier molecular flexibility index (Phi) is 6.79. The van der Waals surface area contributed by atoms with Crippen LogP contribution in [0.1, 0.15) is 18.0 Å². The average molecular weight is 449 g/mol. The van der Waals surface area contributed by atoms with Crippen molar-refractivity contribution < 1.29 is 9.90 Å². The molecule has 0 radical (unpaired) electrons. The number of aliphatic carboxylic acids is 1. The van der Waals surface area contributed by atoms with Gasteiger partial charge < -0.3 is 15.7 Å². The first kappa shape index (κ1) is 18.9. The Morgan fingerprint density at radius 2 is 2.08 bits per heavy atom. The van der Waals surface area contributed by atoms with Crippen LogP contribution in [-0.2, 0) is 4.79 Å². The van der Waals surface area contributed by atoms with Crippen molar-refractivity contribution in [2.45, 2.75) is 12.5 Å². The zero-order valence-electron chi connectivity index (χ0n) is 12.1. The summed E-state index contributed by atoms with van der Waals surface area (Å²) in [5.74, 6) is -0.449. The first-order valence-electron chi connectivity index (χ1n) is 6.71. The van der Waals surface area contributed by atoms with Crippen LogP contribution in [0.15, 0.2) is 41.0 Å². The summed E-state index contributed by atoms with van der Waals surface area (Å²) >= 11 is 20.6. The number of hydrogen-bond donors (Lipinski definition) is 3. The average Bonchev–Trinajstić information content (AvgIpc) is 2.48. The Balaban J connectivity index is 2.14. The van der Waals surface area contributed by atoms with Crippen molar-refractivity contribution in [3.8, 4) is 0 Å². The highest BCUT2D eigenvalue weighted by atomic mass is 79.9. The Morgan fingerprint density at radius 1 is 1.33 bits per heavy atom. The zero-order chi connectivity index (χ0) is 17.7. The van der Waals surface area contributed by atoms with Gasteiger partial charge >= 0.3 is 5.97 Å². The van der Waals surface area contributed by atoms with Gasteiger partial charge in [0.25, 0.3) is 0 Å². The van der Waals surface area contributed by atoms with E-state index in [2.05, 4.69) is 31.5 Å². The molecule has 0 unspecified atom stereocenters. The molecule has 0 aliphatic rings. The van der Waals surface area contributed by atoms with E-state index in [-0.39, 0.29) is 11.5 Å². The Hall–Kier alpha value is -1.41. The third-order valence-electron chi connectivity index (χ3n) is 2.99. The summed E-state index contributed by atoms with van der Waals surface area (Å²) in [6.07, 6.45) is 1.42. The quantitative estimate of drug-likeness (QED) is 0.578. The van der Waals surface area contributed by atoms with Gasteiger partial charge in [-0.1, -0.05) is 29.3 Å². The molecule has 126 valence electrons. The Bertz CT molecular complexity index is 759. The van der Waals surface area contributed by atoms with Crippen LogP contribution in [0.5, 0.6) is 0 Å². The molecule has 1 heterocycles. The summed E-state index contributed by atoms with van der Waals surface area (Å²) in [5.41, 5.74) is 0.594. The molecule has 0 fully saturated rings. The minimum atomic E-state index is -0.983. The fourth-order valence-electron chi connectivity index (χ4n) is 1.96. The van der Waals surface area contributed by atoms with Crippen LogP contribution in [0.25, 0.3) is 0 Å². The van der Waals surface area contributed by atoms with Crippen LogP contribution < -0.4 is 10.6 Å². The van der Waals surface area contributed by atoms with Crippen molar-refractivity contribution >= 4 is 68.2 Å². The summed E-state index contributed by atoms with van der Waals surface area (Å²) in [6, 6.07) is 7.81. The molecule has 1 aromatic heterocycles. The summed E-state index contributed by atoms with van der Waals surface area (Å²) in [5, 5.41) is 16.1. The summed E-state index contributed by atoms with van der Waals surface area (Å²) in [6.45, 7) is 0. The van der Waals surface area contributed by atoms with Crippen LogP contribution in [0, 0.1) is 0 Å². The first-order valence-corrected chi connectivity index (χ1v) is 8.66. The fourth-order valence-corrected chi connectivity index (χ4v) is 2.98. The lowest BCUT2D eigenvalue weighted by molar-refractivity contribution is -0.137. The van der Waals surface area contributed by atoms with Crippen LogP contribution in [-0.4, -0.2) is 21.2 Å². The molecule has 0 amide bonds. The van der Waals surface area contributed by atoms with Gasteiger partial charge in [-0.15, -0.1) is 0 Å². The van der Waals surface area contributed by atoms with E-state index < -0.39 is 12.0 Å². The summed E-state index contributed by atoms with van der Waals surface area (Å²) < 4.78 is 0.837. The maximum Gasteiger partial charge on any atom is 0.305 e. The second kappa shape index (κ2) is 8.62. The van der Waals surface area contributed by atoms with E-state index in [4.69, 9.17) is 40.5 Å². The van der Waals surface area contributed by atoms with Gasteiger partial charge in [0.15, 0.2) is 5.11 Å². The first-order chi connectivity index (χ1) is 11.3. The van der Waals surface area contributed by atoms with Crippen molar-refractivity contribution in [3.63, 3.8) is 0 Å². The molecule has 9 heteroatoms. The van der Waals surface area contributed by atoms with Gasteiger partial charge in [0.1, 0.15) is 5.82 Å². The highest BCUT2D eigenvalue weighted by molar-refractivity contribution is 9.10. The number of aromatic nitrogens is 1. The molecule has 0 aliphatic heterocycles. The fraction of sp³-hybridized carbons (Fsp3) is 0.133. The van der Waals surface area contributed by atoms with E-state index in [0.717, 1.165) is 4.47 Å². The molecule has 0 saturated heterocycles. The number of nitrogens with one attached hydrogen (secondary N) is 2. The van der Waals surface area contributed by atoms with E-state index >= 15 is 0 Å². The third-order valence-corrected chi connectivity index (χ3v) is 4.24. The molecule has 3 N–H and O–H groups in total. The minimum Gasteiger partial charge on any atom is -0.481 e. The highest BCUT2D eigenvalue weighted by Gasteiger charge is 2.19. The van der Waals surface area contributed by atoms with Gasteiger partial charge in [-0.3, -0.25) is 4.79 Å². The smallest absolute Gasteiger partial charge is 0.305 e. The Labute approximate surface area is 162 Å². The van der Waals surface area contributed by atoms with Gasteiger partial charge in [-0.25, -0.2) is 4.98 Å². The third kappa shape index (κ3) is 5.59. The number of anilines is 1. The number of hydrogen-bond acceptors (Lipinski definition) is 3. The normalized spacial score (nSPS) is 11.6. The molecule has 2 rings (SSSR count). The van der Waals surface area contributed by atoms with Crippen molar-refractivity contribution in [2.24, 2.45) is 0 Å². The number of benzene rings is 1. The van der Waals surface area contributed by atoms with Gasteiger partial charge in [0, 0.05) is 20.7 Å². The number of halogens is 3. The number of carboxylic acids is 1. The SMILES string of the molecule is O=C(O)C[C@@H](NC(=S)Nc1ccc(Br)cn1)c1ccc(Cl)cc1Cl. The van der Waals surface area contributed by atoms with Crippen molar-refractivity contribution in [1.29, 1.82) is 0 Å². The predicted molar refractivity (Wildman–Crippen MR) is 103 cm³/mol. The van der Waals surface area contributed by atoms with E-state index in [1.807, 2.05) is 6.07 Å². The summed E-state index contributed by atoms with van der Waals surface area (Å²) in [7, 11) is 0. The summed E-state index contributed by atoms with van der Waals surface area (Å²) in [4.78, 5) is 15.3. The topological polar surface area (TPSA) is 74.2 Å². The number of carbonyl (C=O) groups is 1. The van der Waals surface area contributed by atoms with Crippen LogP contribution in [0.4, 0.5) is 5.82 Å². The molecule has 1 aromatic carbocycles. The van der Waals surface area contributed by atoms with Crippen LogP contribution >= 0.6 is 51.3 Å². The molecule has 0 saturated carbocycles. The van der Waals surface area contributed by atoms with Gasteiger partial charge in [-0.2, -0.15) is 0 Å². The van der Waals surface area contributed by atoms with Crippen LogP contribution in [0.2, 0.25) is 10.0 Å². The lowest BCUT2D eigenvalue weighted by atomic mass is 10.0. The molecule has 2 aromatic rings. The Morgan fingerprint density at radius 3 is 2.67 bits per heavy atom. The molecule has 5 nitrogen and oxygen atoms in total. The molecule has 24 heavy (non-hydrogen) atoms. The molecule has 1 atom stereocenters. The second-order valence-corrected chi connectivity index (χ2v) is 6.94. The maximum absolute atomic E-state index is 11.1. The maximum atomic E-state index is 11.1. The monoisotopic (exact) mass is 447 g/mol. The van der Waals surface area contributed by atoms with Crippen molar-refractivity contribution in [3.05, 3.63) is 56.6 Å².